The summed E-state index contributed by atoms with van der Waals surface area (Å²) in [6.07, 6.45) is 4.91. The molecule has 2 aliphatic heterocycles. The molecular formula is C12H22N2O. The summed E-state index contributed by atoms with van der Waals surface area (Å²) < 4.78 is 0. The van der Waals surface area contributed by atoms with Crippen molar-refractivity contribution in [2.75, 3.05) is 19.6 Å². The average molecular weight is 210 g/mol. The molecule has 0 aromatic heterocycles. The average Bonchev–Trinajstić information content (AvgIpc) is 2.53. The molecule has 86 valence electrons. The fourth-order valence-electron chi connectivity index (χ4n) is 3.20. The van der Waals surface area contributed by atoms with E-state index in [2.05, 4.69) is 16.7 Å². The lowest BCUT2D eigenvalue weighted by Crippen LogP contribution is -2.45. The van der Waals surface area contributed by atoms with Gasteiger partial charge in [0.2, 0.25) is 0 Å². The van der Waals surface area contributed by atoms with E-state index in [9.17, 15) is 4.79 Å². The maximum Gasteiger partial charge on any atom is 0.136 e. The first-order valence-electron chi connectivity index (χ1n) is 6.21. The number of aldehydes is 1. The van der Waals surface area contributed by atoms with Gasteiger partial charge in [0, 0.05) is 18.6 Å². The van der Waals surface area contributed by atoms with Gasteiger partial charge in [0.05, 0.1) is 6.04 Å². The van der Waals surface area contributed by atoms with Crippen molar-refractivity contribution in [3.63, 3.8) is 0 Å². The van der Waals surface area contributed by atoms with Crippen molar-refractivity contribution >= 4 is 6.29 Å². The third kappa shape index (κ3) is 2.08. The summed E-state index contributed by atoms with van der Waals surface area (Å²) in [4.78, 5) is 15.9. The summed E-state index contributed by atoms with van der Waals surface area (Å²) in [5, 5.41) is 0. The summed E-state index contributed by atoms with van der Waals surface area (Å²) in [5.74, 6) is 0. The maximum atomic E-state index is 10.9. The van der Waals surface area contributed by atoms with Gasteiger partial charge in [-0.3, -0.25) is 4.90 Å². The van der Waals surface area contributed by atoms with Crippen LogP contribution in [-0.4, -0.2) is 53.8 Å². The first kappa shape index (κ1) is 11.1. The van der Waals surface area contributed by atoms with Crippen molar-refractivity contribution < 1.29 is 4.79 Å². The number of likely N-dealkylation sites (N-methyl/N-ethyl adjacent to an activating group) is 1. The first-order chi connectivity index (χ1) is 7.26. The molecule has 2 saturated heterocycles. The van der Waals surface area contributed by atoms with Crippen LogP contribution in [0.15, 0.2) is 0 Å². The number of carbonyl (C=O) groups is 1. The Morgan fingerprint density at radius 3 is 2.73 bits per heavy atom. The highest BCUT2D eigenvalue weighted by Crippen LogP contribution is 2.31. The largest absolute Gasteiger partial charge is 0.302 e. The Labute approximate surface area is 92.4 Å². The Morgan fingerprint density at radius 1 is 1.33 bits per heavy atom. The van der Waals surface area contributed by atoms with Gasteiger partial charge < -0.3 is 9.69 Å². The molecule has 0 aromatic rings. The Morgan fingerprint density at radius 2 is 2.07 bits per heavy atom. The molecule has 0 spiro atoms. The minimum atomic E-state index is 0.110. The van der Waals surface area contributed by atoms with E-state index in [1.165, 1.54) is 25.8 Å². The number of hydrogen-bond acceptors (Lipinski definition) is 3. The van der Waals surface area contributed by atoms with Gasteiger partial charge in [-0.25, -0.2) is 0 Å². The molecule has 2 bridgehead atoms. The third-order valence-corrected chi connectivity index (χ3v) is 4.04. The van der Waals surface area contributed by atoms with Crippen LogP contribution in [0.2, 0.25) is 0 Å². The highest BCUT2D eigenvalue weighted by Gasteiger charge is 2.38. The molecular weight excluding hydrogens is 188 g/mol. The van der Waals surface area contributed by atoms with Crippen LogP contribution in [0.1, 0.15) is 33.1 Å². The van der Waals surface area contributed by atoms with Crippen LogP contribution < -0.4 is 0 Å². The standard InChI is InChI=1S/C12H22N2O/c1-3-13-7-6-11-4-5-12(8-13)14(11)10(2)9-15/h9-12H,3-8H2,1-2H3. The van der Waals surface area contributed by atoms with Crippen LogP contribution in [0, 0.1) is 0 Å². The number of rotatable bonds is 3. The number of likely N-dealkylation sites (tertiary alicyclic amines) is 1. The number of fused-ring (bicyclic) bond motifs is 2. The van der Waals surface area contributed by atoms with Crippen LogP contribution in [0.5, 0.6) is 0 Å². The first-order valence-corrected chi connectivity index (χ1v) is 6.21. The molecule has 2 fully saturated rings. The van der Waals surface area contributed by atoms with E-state index < -0.39 is 0 Å². The maximum absolute atomic E-state index is 10.9. The SMILES string of the molecule is CCN1CCC2CCC(C1)N2C(C)C=O. The number of nitrogens with zero attached hydrogens (tertiary/aromatic N) is 2. The topological polar surface area (TPSA) is 23.6 Å². The molecule has 0 saturated carbocycles. The van der Waals surface area contributed by atoms with Gasteiger partial charge in [-0.2, -0.15) is 0 Å². The van der Waals surface area contributed by atoms with Crippen molar-refractivity contribution in [2.24, 2.45) is 0 Å². The Bertz CT molecular complexity index is 232. The fraction of sp³-hybridized carbons (Fsp3) is 0.917. The molecule has 3 atom stereocenters. The number of hydrogen-bond donors (Lipinski definition) is 0. The predicted molar refractivity (Wildman–Crippen MR) is 60.9 cm³/mol. The van der Waals surface area contributed by atoms with Crippen LogP contribution in [-0.2, 0) is 4.79 Å². The van der Waals surface area contributed by atoms with Crippen molar-refractivity contribution in [3.05, 3.63) is 0 Å². The van der Waals surface area contributed by atoms with E-state index in [4.69, 9.17) is 0 Å². The lowest BCUT2D eigenvalue weighted by Gasteiger charge is -2.31. The van der Waals surface area contributed by atoms with E-state index in [1.54, 1.807) is 0 Å². The molecule has 0 aliphatic carbocycles. The smallest absolute Gasteiger partial charge is 0.136 e. The summed E-state index contributed by atoms with van der Waals surface area (Å²) in [5.41, 5.74) is 0. The van der Waals surface area contributed by atoms with E-state index >= 15 is 0 Å². The normalized spacial score (nSPS) is 35.1. The molecule has 0 amide bonds. The van der Waals surface area contributed by atoms with E-state index in [1.807, 2.05) is 6.92 Å². The summed E-state index contributed by atoms with van der Waals surface area (Å²) in [6, 6.07) is 1.39. The lowest BCUT2D eigenvalue weighted by molar-refractivity contribution is -0.112. The van der Waals surface area contributed by atoms with E-state index in [0.717, 1.165) is 19.4 Å². The van der Waals surface area contributed by atoms with Crippen LogP contribution in [0.4, 0.5) is 0 Å². The van der Waals surface area contributed by atoms with Crippen molar-refractivity contribution in [1.82, 2.24) is 9.80 Å². The minimum absolute atomic E-state index is 0.110. The zero-order valence-electron chi connectivity index (χ0n) is 9.85. The van der Waals surface area contributed by atoms with Gasteiger partial charge in [-0.1, -0.05) is 6.92 Å². The Balaban J connectivity index is 2.09. The lowest BCUT2D eigenvalue weighted by atomic mass is 10.1. The quantitative estimate of drug-likeness (QED) is 0.652. The van der Waals surface area contributed by atoms with Gasteiger partial charge in [-0.15, -0.1) is 0 Å². The van der Waals surface area contributed by atoms with Gasteiger partial charge in [-0.05, 0) is 39.3 Å². The zero-order chi connectivity index (χ0) is 10.8. The summed E-state index contributed by atoms with van der Waals surface area (Å²) in [6.45, 7) is 7.78. The molecule has 0 N–H and O–H groups in total. The fourth-order valence-corrected chi connectivity index (χ4v) is 3.20. The zero-order valence-corrected chi connectivity index (χ0v) is 9.85. The molecule has 2 rings (SSSR count). The van der Waals surface area contributed by atoms with E-state index in [-0.39, 0.29) is 6.04 Å². The van der Waals surface area contributed by atoms with Gasteiger partial charge in [0.15, 0.2) is 0 Å². The Hall–Kier alpha value is -0.410. The second-order valence-electron chi connectivity index (χ2n) is 4.89. The van der Waals surface area contributed by atoms with Crippen molar-refractivity contribution in [3.8, 4) is 0 Å². The Kier molecular flexibility index (Phi) is 3.42. The van der Waals surface area contributed by atoms with Crippen molar-refractivity contribution in [2.45, 2.75) is 51.2 Å². The molecule has 3 unspecified atom stereocenters. The summed E-state index contributed by atoms with van der Waals surface area (Å²) in [7, 11) is 0. The minimum Gasteiger partial charge on any atom is -0.302 e. The van der Waals surface area contributed by atoms with Crippen LogP contribution in [0.25, 0.3) is 0 Å². The van der Waals surface area contributed by atoms with E-state index in [0.29, 0.717) is 12.1 Å². The molecule has 0 radical (unpaired) electrons. The van der Waals surface area contributed by atoms with Crippen LogP contribution in [0.3, 0.4) is 0 Å². The summed E-state index contributed by atoms with van der Waals surface area (Å²) >= 11 is 0. The molecule has 2 heterocycles. The molecule has 2 aliphatic rings. The van der Waals surface area contributed by atoms with Crippen molar-refractivity contribution in [1.29, 1.82) is 0 Å². The monoisotopic (exact) mass is 210 g/mol. The molecule has 3 nitrogen and oxygen atoms in total. The van der Waals surface area contributed by atoms with Crippen LogP contribution >= 0.6 is 0 Å². The third-order valence-electron chi connectivity index (χ3n) is 4.04. The van der Waals surface area contributed by atoms with Gasteiger partial charge in [0.25, 0.3) is 0 Å². The highest BCUT2D eigenvalue weighted by molar-refractivity contribution is 5.57. The molecule has 0 aromatic carbocycles. The second kappa shape index (κ2) is 4.62. The highest BCUT2D eigenvalue weighted by atomic mass is 16.1. The number of carbonyl (C=O) groups excluding carboxylic acids is 1. The van der Waals surface area contributed by atoms with Gasteiger partial charge >= 0.3 is 0 Å². The second-order valence-corrected chi connectivity index (χ2v) is 4.89. The predicted octanol–water partition coefficient (Wildman–Crippen LogP) is 1.13. The molecule has 3 heteroatoms. The van der Waals surface area contributed by atoms with Gasteiger partial charge in [0.1, 0.15) is 6.29 Å². The molecule has 15 heavy (non-hydrogen) atoms.